The molecule has 0 unspecified atom stereocenters. The Bertz CT molecular complexity index is 1640. The summed E-state index contributed by atoms with van der Waals surface area (Å²) in [5.74, 6) is -1.41. The molecule has 6 nitrogen and oxygen atoms in total. The number of para-hydroxylation sites is 1. The molecule has 0 saturated carbocycles. The highest BCUT2D eigenvalue weighted by atomic mass is 16.4. The third-order valence-corrected chi connectivity index (χ3v) is 9.95. The van der Waals surface area contributed by atoms with E-state index in [2.05, 4.69) is 61.4 Å². The van der Waals surface area contributed by atoms with Crippen molar-refractivity contribution in [1.29, 1.82) is 0 Å². The molecule has 2 aromatic rings. The molecule has 1 N–H and O–H groups in total. The van der Waals surface area contributed by atoms with Gasteiger partial charge in [-0.2, -0.15) is 4.58 Å². The zero-order valence-corrected chi connectivity index (χ0v) is 27.8. The molecular formula is C39H48N2O4. The van der Waals surface area contributed by atoms with Gasteiger partial charge < -0.3 is 15.1 Å². The van der Waals surface area contributed by atoms with Gasteiger partial charge in [0.15, 0.2) is 11.5 Å². The van der Waals surface area contributed by atoms with Crippen molar-refractivity contribution in [3.63, 3.8) is 0 Å². The molecule has 1 aliphatic carbocycles. The number of hydrogen-bond acceptors (Lipinski definition) is 4. The predicted molar refractivity (Wildman–Crippen MR) is 180 cm³/mol. The van der Waals surface area contributed by atoms with Crippen molar-refractivity contribution in [2.24, 2.45) is 0 Å². The smallest absolute Gasteiger partial charge is 0.335 e. The summed E-state index contributed by atoms with van der Waals surface area (Å²) in [6, 6.07) is 13.6. The van der Waals surface area contributed by atoms with Gasteiger partial charge in [0.25, 0.3) is 0 Å². The first kappa shape index (κ1) is 32.5. The third kappa shape index (κ3) is 5.80. The van der Waals surface area contributed by atoms with Crippen LogP contribution < -0.4 is 10.0 Å². The Kier molecular flexibility index (Phi) is 9.25. The lowest BCUT2D eigenvalue weighted by molar-refractivity contribution is -0.438. The van der Waals surface area contributed by atoms with E-state index in [9.17, 15) is 19.8 Å². The van der Waals surface area contributed by atoms with Gasteiger partial charge >= 0.3 is 5.97 Å². The van der Waals surface area contributed by atoms with Crippen molar-refractivity contribution in [1.82, 2.24) is 0 Å². The normalized spacial score (nSPS) is 19.9. The monoisotopic (exact) mass is 608 g/mol. The van der Waals surface area contributed by atoms with Crippen molar-refractivity contribution in [2.75, 3.05) is 18.0 Å². The number of allylic oxidation sites excluding steroid dienone is 5. The number of carbonyl (C=O) groups is 2. The van der Waals surface area contributed by atoms with Gasteiger partial charge in [-0.25, -0.2) is 4.79 Å². The summed E-state index contributed by atoms with van der Waals surface area (Å²) in [5.41, 5.74) is 5.85. The largest absolute Gasteiger partial charge is 0.871 e. The maximum Gasteiger partial charge on any atom is 0.335 e. The second kappa shape index (κ2) is 12.8. The topological polar surface area (TPSA) is 83.7 Å². The standard InChI is InChI=1S/C39H48N2O4/c1-7-9-11-15-21-40-31-18-14-13-17-29(31)38(3,4)33(40)24-27-35(42)28(36(27)43)25-34-39(5,6)30-23-26(37(44)45)19-20-32(30)41(34)22-16-12-10-8-2/h13-14,17-20,23-25H,7-12,15-16,21-22H2,1-6H3,(H-,42,43,44,45). The molecule has 0 fully saturated rings. The van der Waals surface area contributed by atoms with Crippen LogP contribution in [0.1, 0.15) is 114 Å². The number of carboxylic acids is 1. The van der Waals surface area contributed by atoms with Crippen LogP contribution in [-0.4, -0.2) is 40.2 Å². The van der Waals surface area contributed by atoms with E-state index in [1.165, 1.54) is 18.4 Å². The fraction of sp³-hybridized carbons (Fsp3) is 0.462. The highest BCUT2D eigenvalue weighted by Gasteiger charge is 2.46. The number of hydrogen-bond donors (Lipinski definition) is 1. The Morgan fingerprint density at radius 3 is 2.24 bits per heavy atom. The van der Waals surface area contributed by atoms with Gasteiger partial charge in [-0.1, -0.05) is 83.8 Å². The van der Waals surface area contributed by atoms with E-state index >= 15 is 0 Å². The molecule has 3 aliphatic rings. The number of Topliss-reactive ketones (excluding diaryl/α,β-unsaturated/α-hetero) is 1. The van der Waals surface area contributed by atoms with Gasteiger partial charge in [-0.3, -0.25) is 4.79 Å². The molecule has 5 rings (SSSR count). The number of ketones is 1. The maximum atomic E-state index is 13.8. The first-order valence-corrected chi connectivity index (χ1v) is 16.7. The number of carboxylic acid groups (broad SMARTS) is 1. The van der Waals surface area contributed by atoms with Crippen LogP contribution in [0, 0.1) is 0 Å². The first-order valence-electron chi connectivity index (χ1n) is 16.7. The number of carbonyl (C=O) groups excluding carboxylic acids is 1. The van der Waals surface area contributed by atoms with Crippen LogP contribution in [0.4, 0.5) is 11.4 Å². The van der Waals surface area contributed by atoms with Gasteiger partial charge in [0.2, 0.25) is 5.69 Å². The van der Waals surface area contributed by atoms with Crippen molar-refractivity contribution in [3.05, 3.63) is 93.9 Å². The number of nitrogens with zero attached hydrogens (tertiary/aromatic N) is 2. The number of aromatic carboxylic acids is 1. The Morgan fingerprint density at radius 2 is 1.58 bits per heavy atom. The minimum absolute atomic E-state index is 0.206. The summed E-state index contributed by atoms with van der Waals surface area (Å²) in [6.45, 7) is 14.4. The van der Waals surface area contributed by atoms with Crippen LogP contribution in [0.5, 0.6) is 0 Å². The molecule has 0 atom stereocenters. The van der Waals surface area contributed by atoms with Crippen LogP contribution in [0.25, 0.3) is 0 Å². The van der Waals surface area contributed by atoms with E-state index in [0.717, 1.165) is 80.0 Å². The zero-order valence-electron chi connectivity index (χ0n) is 27.8. The fourth-order valence-corrected chi connectivity index (χ4v) is 7.21. The summed E-state index contributed by atoms with van der Waals surface area (Å²) in [5, 5.41) is 23.5. The van der Waals surface area contributed by atoms with Crippen LogP contribution >= 0.6 is 0 Å². The number of rotatable bonds is 13. The molecule has 2 heterocycles. The van der Waals surface area contributed by atoms with Crippen LogP contribution in [0.3, 0.4) is 0 Å². The number of benzene rings is 2. The average Bonchev–Trinajstić information content (AvgIpc) is 3.36. The summed E-state index contributed by atoms with van der Waals surface area (Å²) in [7, 11) is 0. The second-order valence-electron chi connectivity index (χ2n) is 13.8. The van der Waals surface area contributed by atoms with E-state index in [0.29, 0.717) is 0 Å². The Morgan fingerprint density at radius 1 is 0.889 bits per heavy atom. The lowest BCUT2D eigenvalue weighted by Gasteiger charge is -2.33. The van der Waals surface area contributed by atoms with Gasteiger partial charge in [0.1, 0.15) is 6.54 Å². The van der Waals surface area contributed by atoms with Crippen LogP contribution in [0.15, 0.2) is 77.2 Å². The number of unbranched alkanes of at least 4 members (excludes halogenated alkanes) is 6. The molecule has 2 aliphatic heterocycles. The van der Waals surface area contributed by atoms with Crippen molar-refractivity contribution < 1.29 is 24.4 Å². The van der Waals surface area contributed by atoms with E-state index in [1.807, 2.05) is 26.0 Å². The predicted octanol–water partition coefficient (Wildman–Crippen LogP) is 7.73. The Balaban J connectivity index is 1.54. The van der Waals surface area contributed by atoms with E-state index in [-0.39, 0.29) is 33.7 Å². The molecular weight excluding hydrogens is 560 g/mol. The fourth-order valence-electron chi connectivity index (χ4n) is 7.21. The van der Waals surface area contributed by atoms with E-state index in [1.54, 1.807) is 18.2 Å². The van der Waals surface area contributed by atoms with Crippen LogP contribution in [-0.2, 0) is 15.6 Å². The maximum absolute atomic E-state index is 13.8. The van der Waals surface area contributed by atoms with Crippen molar-refractivity contribution in [3.8, 4) is 0 Å². The summed E-state index contributed by atoms with van der Waals surface area (Å²) < 4.78 is 2.31. The van der Waals surface area contributed by atoms with Crippen molar-refractivity contribution >= 4 is 28.8 Å². The molecule has 0 spiro atoms. The van der Waals surface area contributed by atoms with Gasteiger partial charge in [-0.15, -0.1) is 0 Å². The first-order chi connectivity index (χ1) is 21.4. The minimum Gasteiger partial charge on any atom is -0.871 e. The van der Waals surface area contributed by atoms with E-state index in [4.69, 9.17) is 0 Å². The van der Waals surface area contributed by atoms with E-state index < -0.39 is 11.4 Å². The summed E-state index contributed by atoms with van der Waals surface area (Å²) in [4.78, 5) is 27.8. The highest BCUT2D eigenvalue weighted by Crippen LogP contribution is 2.49. The minimum atomic E-state index is -0.970. The summed E-state index contributed by atoms with van der Waals surface area (Å²) in [6.07, 6.45) is 12.5. The molecule has 0 radical (unpaired) electrons. The molecule has 45 heavy (non-hydrogen) atoms. The van der Waals surface area contributed by atoms with Gasteiger partial charge in [-0.05, 0) is 56.5 Å². The van der Waals surface area contributed by atoms with Crippen LogP contribution in [0.2, 0.25) is 0 Å². The van der Waals surface area contributed by atoms with Crippen molar-refractivity contribution in [2.45, 2.75) is 104 Å². The average molecular weight is 609 g/mol. The Labute approximate surface area is 268 Å². The Hall–Kier alpha value is -3.93. The number of anilines is 1. The number of fused-ring (bicyclic) bond motifs is 2. The van der Waals surface area contributed by atoms with Gasteiger partial charge in [0, 0.05) is 58.6 Å². The molecule has 6 heteroatoms. The molecule has 2 aromatic carbocycles. The lowest BCUT2D eigenvalue weighted by atomic mass is 9.77. The lowest BCUT2D eigenvalue weighted by Crippen LogP contribution is -2.35. The third-order valence-electron chi connectivity index (χ3n) is 9.95. The SMILES string of the molecule is CCCCCCN1C(=CC2=C([O-])C(=CC3=[N+](CCCCCC)c4ccccc4C3(C)C)C2=O)C(C)(C)c2cc(C(=O)O)ccc21. The molecule has 0 amide bonds. The second-order valence-corrected chi connectivity index (χ2v) is 13.8. The zero-order chi connectivity index (χ0) is 32.5. The molecule has 238 valence electrons. The highest BCUT2D eigenvalue weighted by molar-refractivity contribution is 6.24. The molecule has 0 saturated heterocycles. The summed E-state index contributed by atoms with van der Waals surface area (Å²) >= 11 is 0. The quantitative estimate of drug-likeness (QED) is 0.143. The van der Waals surface area contributed by atoms with Gasteiger partial charge in [0.05, 0.1) is 11.0 Å². The molecule has 0 bridgehead atoms. The molecule has 0 aromatic heterocycles.